The van der Waals surface area contributed by atoms with E-state index in [1.54, 1.807) is 13.2 Å². The highest BCUT2D eigenvalue weighted by molar-refractivity contribution is 7.99. The van der Waals surface area contributed by atoms with E-state index in [9.17, 15) is 0 Å². The highest BCUT2D eigenvalue weighted by Gasteiger charge is 2.19. The third kappa shape index (κ3) is 3.02. The summed E-state index contributed by atoms with van der Waals surface area (Å²) < 4.78 is 5.18. The minimum absolute atomic E-state index is 0.630. The lowest BCUT2D eigenvalue weighted by molar-refractivity contribution is 0.398. The van der Waals surface area contributed by atoms with Gasteiger partial charge in [-0.15, -0.1) is 0 Å². The molecule has 0 radical (unpaired) electrons. The molecule has 1 aliphatic rings. The number of thioether (sulfide) groups is 1. The summed E-state index contributed by atoms with van der Waals surface area (Å²) in [5.41, 5.74) is 6.76. The Morgan fingerprint density at radius 1 is 1.39 bits per heavy atom. The first-order valence-corrected chi connectivity index (χ1v) is 7.61. The SMILES string of the molecule is COc1ccc(N)c(N2CCCC(SC)CC2)n1. The summed E-state index contributed by atoms with van der Waals surface area (Å²) in [6, 6.07) is 3.68. The van der Waals surface area contributed by atoms with Crippen molar-refractivity contribution in [3.63, 3.8) is 0 Å². The standard InChI is InChI=1S/C13H21N3OS/c1-17-12-6-5-11(14)13(15-12)16-8-3-4-10(18-2)7-9-16/h5-6,10H,3-4,7-9,14H2,1-2H3. The van der Waals surface area contributed by atoms with Crippen LogP contribution >= 0.6 is 11.8 Å². The maximum absolute atomic E-state index is 6.03. The number of methoxy groups -OCH3 is 1. The predicted octanol–water partition coefficient (Wildman–Crippen LogP) is 2.39. The van der Waals surface area contributed by atoms with Gasteiger partial charge in [0, 0.05) is 24.4 Å². The summed E-state index contributed by atoms with van der Waals surface area (Å²) in [6.45, 7) is 2.05. The molecule has 1 aliphatic heterocycles. The highest BCUT2D eigenvalue weighted by atomic mass is 32.2. The maximum Gasteiger partial charge on any atom is 0.215 e. The molecular formula is C13H21N3OS. The number of pyridine rings is 1. The van der Waals surface area contributed by atoms with Crippen molar-refractivity contribution in [2.45, 2.75) is 24.5 Å². The topological polar surface area (TPSA) is 51.4 Å². The van der Waals surface area contributed by atoms with Crippen molar-refractivity contribution in [2.24, 2.45) is 0 Å². The number of nitrogens with zero attached hydrogens (tertiary/aromatic N) is 2. The molecule has 0 saturated carbocycles. The van der Waals surface area contributed by atoms with Crippen LogP contribution in [0, 0.1) is 0 Å². The second-order valence-corrected chi connectivity index (χ2v) is 5.68. The Balaban J connectivity index is 2.15. The first kappa shape index (κ1) is 13.3. The molecule has 1 fully saturated rings. The highest BCUT2D eigenvalue weighted by Crippen LogP contribution is 2.28. The number of anilines is 2. The van der Waals surface area contributed by atoms with E-state index in [0.717, 1.165) is 29.8 Å². The Bertz CT molecular complexity index is 400. The van der Waals surface area contributed by atoms with Crippen LogP contribution < -0.4 is 15.4 Å². The minimum Gasteiger partial charge on any atom is -0.481 e. The van der Waals surface area contributed by atoms with Gasteiger partial charge in [-0.25, -0.2) is 0 Å². The Hall–Kier alpha value is -1.10. The van der Waals surface area contributed by atoms with Crippen molar-refractivity contribution >= 4 is 23.3 Å². The molecular weight excluding hydrogens is 246 g/mol. The first-order valence-electron chi connectivity index (χ1n) is 6.33. The fourth-order valence-corrected chi connectivity index (χ4v) is 3.07. The molecule has 1 unspecified atom stereocenters. The van der Waals surface area contributed by atoms with E-state index in [1.165, 1.54) is 19.3 Å². The van der Waals surface area contributed by atoms with Crippen molar-refractivity contribution in [1.82, 2.24) is 4.98 Å². The molecule has 1 aromatic rings. The van der Waals surface area contributed by atoms with Gasteiger partial charge >= 0.3 is 0 Å². The van der Waals surface area contributed by atoms with Gasteiger partial charge in [-0.1, -0.05) is 0 Å². The quantitative estimate of drug-likeness (QED) is 0.911. The van der Waals surface area contributed by atoms with Crippen molar-refractivity contribution in [1.29, 1.82) is 0 Å². The normalized spacial score (nSPS) is 20.6. The first-order chi connectivity index (χ1) is 8.74. The lowest BCUT2D eigenvalue weighted by Gasteiger charge is -2.23. The number of rotatable bonds is 3. The van der Waals surface area contributed by atoms with Crippen LogP contribution in [0.1, 0.15) is 19.3 Å². The van der Waals surface area contributed by atoms with Gasteiger partial charge in [0.15, 0.2) is 5.82 Å². The minimum atomic E-state index is 0.630. The van der Waals surface area contributed by atoms with E-state index in [1.807, 2.05) is 17.8 Å². The monoisotopic (exact) mass is 267 g/mol. The second kappa shape index (κ2) is 6.18. The zero-order valence-electron chi connectivity index (χ0n) is 11.1. The Kier molecular flexibility index (Phi) is 4.58. The Morgan fingerprint density at radius 3 is 2.94 bits per heavy atom. The van der Waals surface area contributed by atoms with Gasteiger partial charge < -0.3 is 15.4 Å². The van der Waals surface area contributed by atoms with E-state index >= 15 is 0 Å². The van der Waals surface area contributed by atoms with E-state index in [2.05, 4.69) is 16.1 Å². The second-order valence-electron chi connectivity index (χ2n) is 4.54. The van der Waals surface area contributed by atoms with Crippen molar-refractivity contribution in [3.05, 3.63) is 12.1 Å². The molecule has 4 nitrogen and oxygen atoms in total. The number of nitrogen functional groups attached to an aromatic ring is 1. The lowest BCUT2D eigenvalue weighted by Crippen LogP contribution is -2.26. The van der Waals surface area contributed by atoms with Crippen LogP contribution in [0.2, 0.25) is 0 Å². The summed E-state index contributed by atoms with van der Waals surface area (Å²) in [4.78, 5) is 6.76. The van der Waals surface area contributed by atoms with Gasteiger partial charge in [-0.05, 0) is 31.6 Å². The van der Waals surface area contributed by atoms with E-state index in [-0.39, 0.29) is 0 Å². The van der Waals surface area contributed by atoms with Crippen LogP contribution in [0.5, 0.6) is 5.88 Å². The zero-order chi connectivity index (χ0) is 13.0. The molecule has 0 bridgehead atoms. The van der Waals surface area contributed by atoms with Gasteiger partial charge in [0.1, 0.15) is 0 Å². The molecule has 0 spiro atoms. The number of hydrogen-bond acceptors (Lipinski definition) is 5. The summed E-state index contributed by atoms with van der Waals surface area (Å²) in [6.07, 6.45) is 5.86. The van der Waals surface area contributed by atoms with Crippen LogP contribution in [-0.2, 0) is 0 Å². The third-order valence-electron chi connectivity index (χ3n) is 3.40. The van der Waals surface area contributed by atoms with E-state index in [0.29, 0.717) is 5.88 Å². The molecule has 0 amide bonds. The molecule has 0 aromatic carbocycles. The van der Waals surface area contributed by atoms with Crippen molar-refractivity contribution in [2.75, 3.05) is 37.1 Å². The molecule has 2 rings (SSSR count). The number of ether oxygens (including phenoxy) is 1. The summed E-state index contributed by atoms with van der Waals surface area (Å²) in [5, 5.41) is 0.766. The number of aromatic nitrogens is 1. The van der Waals surface area contributed by atoms with Gasteiger partial charge in [0.05, 0.1) is 12.8 Å². The Morgan fingerprint density at radius 2 is 2.22 bits per heavy atom. The van der Waals surface area contributed by atoms with E-state index < -0.39 is 0 Å². The molecule has 1 saturated heterocycles. The molecule has 100 valence electrons. The van der Waals surface area contributed by atoms with Crippen molar-refractivity contribution < 1.29 is 4.74 Å². The maximum atomic E-state index is 6.03. The average molecular weight is 267 g/mol. The van der Waals surface area contributed by atoms with Gasteiger partial charge in [-0.2, -0.15) is 16.7 Å². The molecule has 0 aliphatic carbocycles. The number of nitrogens with two attached hydrogens (primary N) is 1. The molecule has 5 heteroatoms. The number of hydrogen-bond donors (Lipinski definition) is 1. The molecule has 1 atom stereocenters. The van der Waals surface area contributed by atoms with E-state index in [4.69, 9.17) is 10.5 Å². The smallest absolute Gasteiger partial charge is 0.215 e. The third-order valence-corrected chi connectivity index (χ3v) is 4.53. The van der Waals surface area contributed by atoms with Crippen LogP contribution in [0.3, 0.4) is 0 Å². The molecule has 2 N–H and O–H groups in total. The summed E-state index contributed by atoms with van der Waals surface area (Å²) >= 11 is 1.97. The van der Waals surface area contributed by atoms with Gasteiger partial charge in [-0.3, -0.25) is 0 Å². The largest absolute Gasteiger partial charge is 0.481 e. The summed E-state index contributed by atoms with van der Waals surface area (Å²) in [5.74, 6) is 1.50. The fourth-order valence-electron chi connectivity index (χ4n) is 2.32. The van der Waals surface area contributed by atoms with Gasteiger partial charge in [0.2, 0.25) is 5.88 Å². The Labute approximate surface area is 113 Å². The average Bonchev–Trinajstić information content (AvgIpc) is 2.64. The summed E-state index contributed by atoms with van der Waals surface area (Å²) in [7, 11) is 1.63. The molecule has 18 heavy (non-hydrogen) atoms. The molecule has 2 heterocycles. The van der Waals surface area contributed by atoms with Gasteiger partial charge in [0.25, 0.3) is 0 Å². The van der Waals surface area contributed by atoms with Crippen LogP contribution in [0.25, 0.3) is 0 Å². The zero-order valence-corrected chi connectivity index (χ0v) is 11.9. The van der Waals surface area contributed by atoms with Crippen molar-refractivity contribution in [3.8, 4) is 5.88 Å². The van der Waals surface area contributed by atoms with Crippen LogP contribution in [0.4, 0.5) is 11.5 Å². The lowest BCUT2D eigenvalue weighted by atomic mass is 10.2. The van der Waals surface area contributed by atoms with Crippen LogP contribution in [-0.4, -0.2) is 36.7 Å². The fraction of sp³-hybridized carbons (Fsp3) is 0.615. The van der Waals surface area contributed by atoms with Crippen LogP contribution in [0.15, 0.2) is 12.1 Å². The predicted molar refractivity (Wildman–Crippen MR) is 78.6 cm³/mol. The molecule has 1 aromatic heterocycles.